The van der Waals surface area contributed by atoms with Crippen LogP contribution in [0.15, 0.2) is 45.6 Å². The third-order valence-corrected chi connectivity index (χ3v) is 6.95. The van der Waals surface area contributed by atoms with Crippen LogP contribution in [0, 0.1) is 0 Å². The minimum Gasteiger partial charge on any atom is -0.423 e. The molecule has 0 radical (unpaired) electrons. The number of thiophene rings is 3. The number of Topliss-reactive ketones (excluding diaryl/α,β-unsaturated/α-hetero) is 1. The Kier molecular flexibility index (Phi) is 11.4. The van der Waals surface area contributed by atoms with Crippen LogP contribution in [0.1, 0.15) is 16.6 Å². The smallest absolute Gasteiger partial charge is 0.423 e. The monoisotopic (exact) mass is 504 g/mol. The summed E-state index contributed by atoms with van der Waals surface area (Å²) in [5.74, 6) is -0.0538. The molecule has 3 aromatic rings. The van der Waals surface area contributed by atoms with E-state index < -0.39 is 21.4 Å². The minimum atomic E-state index is -1.46. The zero-order valence-electron chi connectivity index (χ0n) is 14.5. The van der Waals surface area contributed by atoms with Crippen molar-refractivity contribution in [3.8, 4) is 0 Å². The van der Waals surface area contributed by atoms with Gasteiger partial charge in [-0.3, -0.25) is 4.79 Å². The topological polar surface area (TPSA) is 138 Å². The molecule has 3 heterocycles. The van der Waals surface area contributed by atoms with Gasteiger partial charge in [0, 0.05) is 18.8 Å². The van der Waals surface area contributed by atoms with E-state index in [2.05, 4.69) is 15.9 Å². The minimum absolute atomic E-state index is 0.0538. The van der Waals surface area contributed by atoms with Crippen LogP contribution in [-0.2, 0) is 0 Å². The van der Waals surface area contributed by atoms with Gasteiger partial charge in [-0.1, -0.05) is 34.1 Å². The van der Waals surface area contributed by atoms with Gasteiger partial charge in [0.25, 0.3) is 0 Å². The number of carbonyl (C=O) groups is 1. The Labute approximate surface area is 183 Å². The van der Waals surface area contributed by atoms with Crippen molar-refractivity contribution in [2.45, 2.75) is 6.92 Å². The van der Waals surface area contributed by atoms with Crippen molar-refractivity contribution in [3.05, 3.63) is 50.4 Å². The van der Waals surface area contributed by atoms with Crippen LogP contribution in [0.5, 0.6) is 0 Å². The average Bonchev–Trinajstić information content (AvgIpc) is 3.37. The Morgan fingerprint density at radius 2 is 1.50 bits per heavy atom. The summed E-state index contributed by atoms with van der Waals surface area (Å²) in [6.45, 7) is 1.44. The number of rotatable bonds is 4. The van der Waals surface area contributed by atoms with E-state index >= 15 is 0 Å². The molecule has 0 spiro atoms. The van der Waals surface area contributed by atoms with Gasteiger partial charge < -0.3 is 30.1 Å². The van der Waals surface area contributed by atoms with Crippen molar-refractivity contribution in [2.75, 3.05) is 0 Å². The molecule has 3 aromatic heterocycles. The molecule has 0 aliphatic heterocycles. The maximum atomic E-state index is 10.7. The van der Waals surface area contributed by atoms with E-state index in [-0.39, 0.29) is 5.78 Å². The second-order valence-electron chi connectivity index (χ2n) is 5.03. The van der Waals surface area contributed by atoms with Gasteiger partial charge >= 0.3 is 21.4 Å². The second-order valence-corrected chi connectivity index (χ2v) is 8.92. The van der Waals surface area contributed by atoms with E-state index in [0.717, 1.165) is 15.8 Å². The second kappa shape index (κ2) is 12.7. The first-order chi connectivity index (χ1) is 13.1. The summed E-state index contributed by atoms with van der Waals surface area (Å²) in [4.78, 5) is 11.3. The fourth-order valence-electron chi connectivity index (χ4n) is 1.61. The first kappa shape index (κ1) is 25.2. The normalized spacial score (nSPS) is 9.57. The third kappa shape index (κ3) is 8.70. The standard InChI is InChI=1S/C6H7BO3S.C4H4BBrO2S.C4H5BO2S/c1-4(8)5-2-3-6(11-5)7(9)10;6-3-1-2-9-4(3)5(7)8;6-5(7)4-2-1-3-8-4/h2-3,9-10H,1H3;1-2,7-8H;1-3,6-7H. The molecule has 0 aliphatic carbocycles. The highest BCUT2D eigenvalue weighted by Crippen LogP contribution is 2.10. The summed E-state index contributed by atoms with van der Waals surface area (Å²) in [6.07, 6.45) is 0. The number of ketones is 1. The molecule has 0 fully saturated rings. The van der Waals surface area contributed by atoms with E-state index in [4.69, 9.17) is 30.1 Å². The van der Waals surface area contributed by atoms with Crippen molar-refractivity contribution in [1.29, 1.82) is 0 Å². The lowest BCUT2D eigenvalue weighted by Crippen LogP contribution is -2.27. The molecule has 14 heteroatoms. The molecule has 0 saturated heterocycles. The van der Waals surface area contributed by atoms with Crippen LogP contribution >= 0.6 is 49.9 Å². The summed E-state index contributed by atoms with van der Waals surface area (Å²) in [6, 6.07) is 8.35. The Morgan fingerprint density at radius 1 is 0.857 bits per heavy atom. The maximum absolute atomic E-state index is 10.7. The maximum Gasteiger partial charge on any atom is 0.500 e. The van der Waals surface area contributed by atoms with Crippen LogP contribution < -0.4 is 14.3 Å². The zero-order valence-corrected chi connectivity index (χ0v) is 18.5. The highest BCUT2D eigenvalue weighted by molar-refractivity contribution is 9.10. The summed E-state index contributed by atoms with van der Waals surface area (Å²) in [5, 5.41) is 55.2. The quantitative estimate of drug-likeness (QED) is 0.203. The predicted molar refractivity (Wildman–Crippen MR) is 120 cm³/mol. The molecule has 148 valence electrons. The Morgan fingerprint density at radius 3 is 1.75 bits per heavy atom. The van der Waals surface area contributed by atoms with Crippen molar-refractivity contribution >= 4 is 91.4 Å². The Bertz CT molecular complexity index is 837. The number of halogens is 1. The molecule has 0 saturated carbocycles. The van der Waals surface area contributed by atoms with E-state index in [1.165, 1.54) is 35.7 Å². The fraction of sp³-hybridized carbons (Fsp3) is 0.0714. The third-order valence-electron chi connectivity index (χ3n) is 2.91. The van der Waals surface area contributed by atoms with Crippen LogP contribution in [0.3, 0.4) is 0 Å². The lowest BCUT2D eigenvalue weighted by atomic mass is 9.90. The van der Waals surface area contributed by atoms with Crippen LogP contribution in [0.4, 0.5) is 0 Å². The summed E-state index contributed by atoms with van der Waals surface area (Å²) < 4.78 is 2.29. The number of hydrogen-bond donors (Lipinski definition) is 6. The fourth-order valence-corrected chi connectivity index (χ4v) is 4.42. The average molecular weight is 505 g/mol. The molecule has 0 amide bonds. The molecule has 7 nitrogen and oxygen atoms in total. The Balaban J connectivity index is 0.000000213. The highest BCUT2D eigenvalue weighted by Gasteiger charge is 2.15. The van der Waals surface area contributed by atoms with E-state index in [9.17, 15) is 4.79 Å². The molecule has 28 heavy (non-hydrogen) atoms. The van der Waals surface area contributed by atoms with Crippen LogP contribution in [0.2, 0.25) is 0 Å². The molecule has 0 aliphatic rings. The Hall–Kier alpha value is -0.795. The van der Waals surface area contributed by atoms with E-state index in [0.29, 0.717) is 19.2 Å². The van der Waals surface area contributed by atoms with E-state index in [1.807, 2.05) is 0 Å². The first-order valence-electron chi connectivity index (χ1n) is 7.58. The SMILES string of the molecule is CC(=O)c1ccc(B(O)O)s1.OB(O)c1cccs1.OB(O)c1sccc1Br. The molecule has 6 N–H and O–H groups in total. The van der Waals surface area contributed by atoms with Crippen molar-refractivity contribution in [2.24, 2.45) is 0 Å². The number of carbonyl (C=O) groups excluding carboxylic acids is 1. The van der Waals surface area contributed by atoms with Crippen molar-refractivity contribution in [1.82, 2.24) is 0 Å². The molecular weight excluding hydrogens is 489 g/mol. The van der Waals surface area contributed by atoms with Gasteiger partial charge in [-0.2, -0.15) is 22.7 Å². The predicted octanol–water partition coefficient (Wildman–Crippen LogP) is -0.751. The molecular formula is C14H16B3BrO7S3. The zero-order chi connectivity index (χ0) is 21.3. The van der Waals surface area contributed by atoms with Gasteiger partial charge in [0.15, 0.2) is 5.78 Å². The largest absolute Gasteiger partial charge is 0.500 e. The first-order valence-corrected chi connectivity index (χ1v) is 11.0. The lowest BCUT2D eigenvalue weighted by Gasteiger charge is -1.91. The van der Waals surface area contributed by atoms with Gasteiger partial charge in [-0.25, -0.2) is 0 Å². The highest BCUT2D eigenvalue weighted by atomic mass is 79.9. The molecule has 0 bridgehead atoms. The molecule has 0 unspecified atom stereocenters. The van der Waals surface area contributed by atoms with Gasteiger partial charge in [0.2, 0.25) is 0 Å². The van der Waals surface area contributed by atoms with Crippen molar-refractivity contribution < 1.29 is 34.9 Å². The molecule has 0 aromatic carbocycles. The molecule has 0 atom stereocenters. The lowest BCUT2D eigenvalue weighted by molar-refractivity contribution is 0.102. The molecule has 3 rings (SSSR count). The van der Waals surface area contributed by atoms with Crippen LogP contribution in [-0.4, -0.2) is 57.3 Å². The van der Waals surface area contributed by atoms with Crippen LogP contribution in [0.25, 0.3) is 0 Å². The van der Waals surface area contributed by atoms with Gasteiger partial charge in [-0.15, -0.1) is 11.3 Å². The van der Waals surface area contributed by atoms with Gasteiger partial charge in [0.05, 0.1) is 4.88 Å². The van der Waals surface area contributed by atoms with E-state index in [1.54, 1.807) is 35.0 Å². The summed E-state index contributed by atoms with van der Waals surface area (Å²) >= 11 is 6.90. The van der Waals surface area contributed by atoms with Crippen molar-refractivity contribution in [3.63, 3.8) is 0 Å². The summed E-state index contributed by atoms with van der Waals surface area (Å²) in [7, 11) is -4.11. The summed E-state index contributed by atoms with van der Waals surface area (Å²) in [5.41, 5.74) is 0. The van der Waals surface area contributed by atoms with Gasteiger partial charge in [0.1, 0.15) is 0 Å². The van der Waals surface area contributed by atoms with Gasteiger partial charge in [-0.05, 0) is 29.8 Å². The number of hydrogen-bond acceptors (Lipinski definition) is 10.